The summed E-state index contributed by atoms with van der Waals surface area (Å²) in [6.45, 7) is 2.08. The van der Waals surface area contributed by atoms with Crippen molar-refractivity contribution in [3.05, 3.63) is 195 Å². The molecule has 1 fully saturated rings. The molecule has 12 rings (SSSR count). The maximum Gasteiger partial charge on any atom is 0.501 e. The van der Waals surface area contributed by atoms with Crippen LogP contribution in [0.3, 0.4) is 0 Å². The highest BCUT2D eigenvalue weighted by Crippen LogP contribution is 2.42. The Labute approximate surface area is 561 Å². The summed E-state index contributed by atoms with van der Waals surface area (Å²) in [5, 5.41) is 41.3. The average molecular weight is 1350 g/mol. The normalized spacial score (nSPS) is 20.2. The predicted octanol–water partition coefficient (Wildman–Crippen LogP) is 7.02. The van der Waals surface area contributed by atoms with E-state index in [1.54, 1.807) is 36.4 Å². The number of amides is 2. The van der Waals surface area contributed by atoms with Crippen molar-refractivity contribution in [1.82, 2.24) is 9.80 Å². The number of ether oxygens (including phenoxy) is 7. The first-order chi connectivity index (χ1) is 46.8. The molecule has 6 N–H and O–H groups in total. The number of methoxy groups -OCH3 is 2. The summed E-state index contributed by atoms with van der Waals surface area (Å²) in [6.07, 6.45) is -3.14. The Morgan fingerprint density at radius 2 is 1.16 bits per heavy atom. The number of aliphatic imine (C=N–C) groups is 2. The standard InChI is InChI=1S/C72H77N6O18S/c1-78(2,38-43-15-18-54(19-16-43)95-97(86,87)96-65-29-49(59(80)14-9-22-90-23-21-73)17-20-60(65)93-72-69(83)68(82)67(81)66(40-79)94-72)39-44-24-45(41-91-63-32-57-55(30-61(63)88-3)70(84)76-36-50-12-7-5-10-47(50)27-52(76)34-74-57)26-46(25-44)42-92-64-33-58-56(31-62(64)89-4)71(85)77-37-51-13-8-6-11-48(51)28-53(77)35-75-58/h5-8,10-13,15-20,24-26,29-35,52-53,66-69,72,79,81-83H,9,14,21-23,27-28,36-42,73H2,1-4H3/q+1/t52-,53+,66-,67+,68+,69+,72?/m1/s1. The van der Waals surface area contributed by atoms with Crippen molar-refractivity contribution in [2.45, 2.75) is 108 Å². The number of nitrogens with two attached hydrogens (primary N) is 1. The lowest BCUT2D eigenvalue weighted by molar-refractivity contribution is -0.916. The number of carbonyl (C=O) groups excluding carboxylic acids is 3. The maximum atomic E-state index is 14.2. The minimum absolute atomic E-state index is 0.0229. The lowest BCUT2D eigenvalue weighted by atomic mass is 9.94. The SMILES string of the molecule is COc1cc2c(cc1OCc1cc(COc3cc4c(cc3OC)C(=O)N3Cc5ccccc5C[C@@H]3C=N4)cc(C[N+](C)(C)Cc3ccc(OS(=O)(=O)Oc4cc(C(=O)CCCOCCN)ccc4OC4O[C@H](CO)[C@H](O)[C@H](O)[C@@H]4O)cc3)c1)N=C[C@@H]1Cc3ccccc3CN1C2=O. The van der Waals surface area contributed by atoms with Gasteiger partial charge in [-0.1, -0.05) is 48.5 Å². The van der Waals surface area contributed by atoms with Gasteiger partial charge in [-0.3, -0.25) is 24.4 Å². The third kappa shape index (κ3) is 15.4. The van der Waals surface area contributed by atoms with Gasteiger partial charge < -0.3 is 82.0 Å². The van der Waals surface area contributed by atoms with Crippen LogP contribution in [0.2, 0.25) is 0 Å². The van der Waals surface area contributed by atoms with Crippen LogP contribution in [0.5, 0.6) is 40.2 Å². The molecular formula is C72H77N6O18S+. The molecule has 0 radical (unpaired) electrons. The molecule has 0 saturated carbocycles. The molecule has 0 aliphatic carbocycles. The first kappa shape index (κ1) is 67.7. The quantitative estimate of drug-likeness (QED) is 0.0206. The van der Waals surface area contributed by atoms with E-state index in [1.165, 1.54) is 49.6 Å². The van der Waals surface area contributed by atoms with E-state index in [9.17, 15) is 43.2 Å². The second kappa shape index (κ2) is 29.2. The van der Waals surface area contributed by atoms with Crippen molar-refractivity contribution >= 4 is 51.8 Å². The van der Waals surface area contributed by atoms with E-state index in [2.05, 4.69) is 12.1 Å². The number of carbonyl (C=O) groups is 3. The number of aliphatic hydroxyl groups is 4. The fourth-order valence-corrected chi connectivity index (χ4v) is 13.5. The minimum atomic E-state index is -5.00. The smallest absolute Gasteiger partial charge is 0.493 e. The number of fused-ring (bicyclic) bond motifs is 6. The molecule has 5 heterocycles. The highest BCUT2D eigenvalue weighted by Gasteiger charge is 2.45. The Kier molecular flexibility index (Phi) is 20.4. The lowest BCUT2D eigenvalue weighted by Crippen LogP contribution is -2.60. The molecule has 97 heavy (non-hydrogen) atoms. The van der Waals surface area contributed by atoms with Crippen LogP contribution in [0.1, 0.15) is 88.4 Å². The van der Waals surface area contributed by atoms with Crippen molar-refractivity contribution in [2.75, 3.05) is 54.7 Å². The summed E-state index contributed by atoms with van der Waals surface area (Å²) < 4.78 is 80.4. The molecule has 7 aromatic rings. The molecule has 0 bridgehead atoms. The zero-order valence-electron chi connectivity index (χ0n) is 54.0. The topological polar surface area (TPSA) is 307 Å². The van der Waals surface area contributed by atoms with Crippen molar-refractivity contribution < 1.29 is 89.2 Å². The average Bonchev–Trinajstić information content (AvgIpc) is 1.65. The van der Waals surface area contributed by atoms with E-state index < -0.39 is 53.5 Å². The molecule has 0 spiro atoms. The van der Waals surface area contributed by atoms with Gasteiger partial charge in [0.1, 0.15) is 56.5 Å². The largest absolute Gasteiger partial charge is 0.501 e. The van der Waals surface area contributed by atoms with E-state index >= 15 is 0 Å². The fourth-order valence-electron chi connectivity index (χ4n) is 12.8. The van der Waals surface area contributed by atoms with Gasteiger partial charge in [-0.05, 0) is 125 Å². The van der Waals surface area contributed by atoms with Crippen molar-refractivity contribution in [3.8, 4) is 40.2 Å². The lowest BCUT2D eigenvalue weighted by Gasteiger charge is -2.39. The summed E-state index contributed by atoms with van der Waals surface area (Å²) in [5.41, 5.74) is 15.1. The number of aliphatic hydroxyl groups excluding tert-OH is 4. The third-order valence-corrected chi connectivity index (χ3v) is 18.4. The molecule has 1 unspecified atom stereocenters. The summed E-state index contributed by atoms with van der Waals surface area (Å²) in [6, 6.07) is 38.7. The number of quaternary nitrogens is 1. The number of hydrogen-bond acceptors (Lipinski definition) is 21. The molecule has 7 aromatic carbocycles. The van der Waals surface area contributed by atoms with Crippen molar-refractivity contribution in [1.29, 1.82) is 0 Å². The van der Waals surface area contributed by atoms with Gasteiger partial charge in [0, 0.05) is 73.9 Å². The van der Waals surface area contributed by atoms with Crippen LogP contribution in [-0.4, -0.2) is 171 Å². The summed E-state index contributed by atoms with van der Waals surface area (Å²) in [7, 11) is 2.14. The summed E-state index contributed by atoms with van der Waals surface area (Å²) in [4.78, 5) is 55.2. The molecule has 2 amide bonds. The second-order valence-corrected chi connectivity index (χ2v) is 26.3. The Morgan fingerprint density at radius 3 is 1.71 bits per heavy atom. The van der Waals surface area contributed by atoms with Crippen LogP contribution in [0, 0.1) is 0 Å². The van der Waals surface area contributed by atoms with Gasteiger partial charge in [-0.25, -0.2) is 0 Å². The van der Waals surface area contributed by atoms with Crippen LogP contribution in [0.15, 0.2) is 143 Å². The highest BCUT2D eigenvalue weighted by atomic mass is 32.3. The zero-order chi connectivity index (χ0) is 68.1. The Balaban J connectivity index is 0.773. The number of hydrogen-bond donors (Lipinski definition) is 5. The highest BCUT2D eigenvalue weighted by molar-refractivity contribution is 7.82. The van der Waals surface area contributed by atoms with E-state index in [1.807, 2.05) is 90.9 Å². The van der Waals surface area contributed by atoms with Gasteiger partial charge in [0.2, 0.25) is 6.29 Å². The van der Waals surface area contributed by atoms with Gasteiger partial charge in [0.15, 0.2) is 40.3 Å². The molecule has 0 aromatic heterocycles. The third-order valence-electron chi connectivity index (χ3n) is 17.6. The summed E-state index contributed by atoms with van der Waals surface area (Å²) in [5.74, 6) is -0.219. The monoisotopic (exact) mass is 1350 g/mol. The van der Waals surface area contributed by atoms with Gasteiger partial charge >= 0.3 is 10.4 Å². The molecule has 1 saturated heterocycles. The maximum absolute atomic E-state index is 14.2. The van der Waals surface area contributed by atoms with E-state index in [4.69, 9.17) is 57.2 Å². The Bertz CT molecular complexity index is 4100. The van der Waals surface area contributed by atoms with Gasteiger partial charge in [0.05, 0.1) is 76.1 Å². The number of benzene rings is 7. The summed E-state index contributed by atoms with van der Waals surface area (Å²) >= 11 is 0. The molecular weight excluding hydrogens is 1270 g/mol. The second-order valence-electron chi connectivity index (χ2n) is 25.2. The first-order valence-corrected chi connectivity index (χ1v) is 33.2. The number of Topliss-reactive ketones (excluding diaryl/α,β-unsaturated/α-hetero) is 1. The van der Waals surface area contributed by atoms with E-state index in [0.29, 0.717) is 109 Å². The van der Waals surface area contributed by atoms with Crippen LogP contribution in [0.4, 0.5) is 11.4 Å². The van der Waals surface area contributed by atoms with E-state index in [0.717, 1.165) is 39.4 Å². The van der Waals surface area contributed by atoms with Gasteiger partial charge in [-0.15, -0.1) is 8.42 Å². The van der Waals surface area contributed by atoms with Crippen LogP contribution in [0.25, 0.3) is 0 Å². The Hall–Kier alpha value is -9.28. The first-order valence-electron chi connectivity index (χ1n) is 31.9. The molecule has 25 heteroatoms. The predicted molar refractivity (Wildman–Crippen MR) is 355 cm³/mol. The van der Waals surface area contributed by atoms with Crippen molar-refractivity contribution in [3.63, 3.8) is 0 Å². The molecule has 5 aliphatic rings. The van der Waals surface area contributed by atoms with Gasteiger partial charge in [-0.2, -0.15) is 0 Å². The molecule has 508 valence electrons. The molecule has 24 nitrogen and oxygen atoms in total. The number of rotatable bonds is 26. The van der Waals surface area contributed by atoms with Gasteiger partial charge in [0.25, 0.3) is 11.8 Å². The minimum Gasteiger partial charge on any atom is -0.493 e. The molecule has 7 atom stereocenters. The Morgan fingerprint density at radius 1 is 0.619 bits per heavy atom. The number of nitrogens with zero attached hydrogens (tertiary/aromatic N) is 5. The van der Waals surface area contributed by atoms with Crippen molar-refractivity contribution in [2.24, 2.45) is 15.7 Å². The fraction of sp³-hybridized carbons (Fsp3) is 0.347. The number of ketones is 1. The zero-order valence-corrected chi connectivity index (χ0v) is 54.8. The van der Waals surface area contributed by atoms with E-state index in [-0.39, 0.29) is 73.0 Å². The van der Waals surface area contributed by atoms with Crippen LogP contribution in [-0.2, 0) is 72.1 Å². The van der Waals surface area contributed by atoms with Crippen LogP contribution < -0.4 is 37.8 Å². The van der Waals surface area contributed by atoms with Crippen LogP contribution >= 0.6 is 0 Å². The molecule has 5 aliphatic heterocycles.